The fourth-order valence-corrected chi connectivity index (χ4v) is 3.90. The van der Waals surface area contributed by atoms with Gasteiger partial charge in [0.15, 0.2) is 0 Å². The molecule has 0 spiro atoms. The third-order valence-electron chi connectivity index (χ3n) is 5.40. The molecular weight excluding hydrogens is 472 g/mol. The Morgan fingerprint density at radius 3 is 1.94 bits per heavy atom. The number of rotatable bonds is 19. The minimum atomic E-state index is -0.329. The zero-order valence-electron chi connectivity index (χ0n) is 20.0. The second-order valence-electron chi connectivity index (χ2n) is 8.23. The molecule has 1 aromatic carbocycles. The molecule has 1 aromatic rings. The summed E-state index contributed by atoms with van der Waals surface area (Å²) >= 11 is 3.40. The van der Waals surface area contributed by atoms with Crippen molar-refractivity contribution in [3.05, 3.63) is 28.2 Å². The zero-order valence-corrected chi connectivity index (χ0v) is 21.6. The predicted molar refractivity (Wildman–Crippen MR) is 132 cm³/mol. The summed E-state index contributed by atoms with van der Waals surface area (Å²) in [5.41, 5.74) is 0.793. The fraction of sp³-hybridized carbons (Fsp3) is 0.692. The van der Waals surface area contributed by atoms with Gasteiger partial charge in [0, 0.05) is 22.9 Å². The van der Waals surface area contributed by atoms with Gasteiger partial charge in [-0.15, -0.1) is 0 Å². The van der Waals surface area contributed by atoms with Gasteiger partial charge in [0.25, 0.3) is 0 Å². The molecule has 182 valence electrons. The summed E-state index contributed by atoms with van der Waals surface area (Å²) < 4.78 is 16.7. The molecule has 32 heavy (non-hydrogen) atoms. The van der Waals surface area contributed by atoms with Crippen LogP contribution in [0.2, 0.25) is 0 Å². The molecule has 0 heterocycles. The van der Waals surface area contributed by atoms with Gasteiger partial charge in [-0.3, -0.25) is 9.59 Å². The first-order chi connectivity index (χ1) is 15.6. The van der Waals surface area contributed by atoms with Crippen molar-refractivity contribution >= 4 is 27.9 Å². The van der Waals surface area contributed by atoms with E-state index in [2.05, 4.69) is 22.9 Å². The average molecular weight is 514 g/mol. The number of esters is 2. The molecule has 0 aromatic heterocycles. The third-order valence-corrected chi connectivity index (χ3v) is 5.90. The van der Waals surface area contributed by atoms with Crippen molar-refractivity contribution in [1.29, 1.82) is 0 Å². The maximum atomic E-state index is 11.9. The molecule has 0 aliphatic heterocycles. The van der Waals surface area contributed by atoms with E-state index >= 15 is 0 Å². The van der Waals surface area contributed by atoms with Crippen molar-refractivity contribution < 1.29 is 23.8 Å². The van der Waals surface area contributed by atoms with Gasteiger partial charge in [-0.1, -0.05) is 87.1 Å². The van der Waals surface area contributed by atoms with Gasteiger partial charge in [-0.2, -0.15) is 0 Å². The zero-order chi connectivity index (χ0) is 23.4. The number of hydrogen-bond donors (Lipinski definition) is 0. The number of ether oxygens (including phenoxy) is 3. The second kappa shape index (κ2) is 19.0. The van der Waals surface area contributed by atoms with Crippen molar-refractivity contribution in [2.24, 2.45) is 0 Å². The molecule has 0 bridgehead atoms. The van der Waals surface area contributed by atoms with Crippen LogP contribution < -0.4 is 4.74 Å². The van der Waals surface area contributed by atoms with E-state index in [1.807, 2.05) is 18.2 Å². The summed E-state index contributed by atoms with van der Waals surface area (Å²) in [7, 11) is 1.58. The van der Waals surface area contributed by atoms with Crippen molar-refractivity contribution in [3.8, 4) is 5.75 Å². The Labute approximate surface area is 202 Å². The molecule has 0 fully saturated rings. The minimum absolute atomic E-state index is 0.144. The smallest absolute Gasteiger partial charge is 0.306 e. The lowest BCUT2D eigenvalue weighted by atomic mass is 10.1. The van der Waals surface area contributed by atoms with E-state index in [1.165, 1.54) is 57.8 Å². The molecule has 0 unspecified atom stereocenters. The molecular formula is C26H41BrO5. The number of methoxy groups -OCH3 is 1. The number of halogens is 1. The summed E-state index contributed by atoms with van der Waals surface area (Å²) in [5, 5.41) is 0. The normalized spacial score (nSPS) is 10.7. The third kappa shape index (κ3) is 14.5. The van der Waals surface area contributed by atoms with Crippen LogP contribution in [0.15, 0.2) is 22.7 Å². The Bertz CT molecular complexity index is 647. The quantitative estimate of drug-likeness (QED) is 0.141. The summed E-state index contributed by atoms with van der Waals surface area (Å²) in [6.45, 7) is 2.87. The Balaban J connectivity index is 1.97. The number of unbranched alkanes of at least 4 members (excludes halogenated alkanes) is 10. The van der Waals surface area contributed by atoms with Gasteiger partial charge >= 0.3 is 11.9 Å². The first-order valence-electron chi connectivity index (χ1n) is 12.2. The highest BCUT2D eigenvalue weighted by atomic mass is 79.9. The lowest BCUT2D eigenvalue weighted by Gasteiger charge is -2.10. The van der Waals surface area contributed by atoms with Crippen LogP contribution in [-0.4, -0.2) is 25.7 Å². The van der Waals surface area contributed by atoms with Gasteiger partial charge in [-0.05, 0) is 31.0 Å². The van der Waals surface area contributed by atoms with Crippen molar-refractivity contribution in [1.82, 2.24) is 0 Å². The summed E-state index contributed by atoms with van der Waals surface area (Å²) in [6, 6.07) is 5.54. The standard InChI is InChI=1S/C26H41BrO5/c1-3-4-5-6-7-8-9-10-11-12-13-19-31-25(28)15-14-16-26(29)32-21-22-20-23(27)17-18-24(22)30-2/h17-18,20H,3-16,19,21H2,1-2H3. The highest BCUT2D eigenvalue weighted by molar-refractivity contribution is 9.10. The number of benzene rings is 1. The maximum absolute atomic E-state index is 11.9. The average Bonchev–Trinajstić information content (AvgIpc) is 2.78. The van der Waals surface area contributed by atoms with E-state index in [0.29, 0.717) is 18.8 Å². The van der Waals surface area contributed by atoms with Crippen LogP contribution in [0.4, 0.5) is 0 Å². The molecule has 0 aliphatic rings. The molecule has 0 radical (unpaired) electrons. The Morgan fingerprint density at radius 1 is 0.781 bits per heavy atom. The Morgan fingerprint density at radius 2 is 1.34 bits per heavy atom. The highest BCUT2D eigenvalue weighted by Crippen LogP contribution is 2.23. The molecule has 5 nitrogen and oxygen atoms in total. The summed E-state index contributed by atoms with van der Waals surface area (Å²) in [4.78, 5) is 23.7. The van der Waals surface area contributed by atoms with E-state index in [1.54, 1.807) is 7.11 Å². The highest BCUT2D eigenvalue weighted by Gasteiger charge is 2.10. The van der Waals surface area contributed by atoms with Crippen molar-refractivity contribution in [2.75, 3.05) is 13.7 Å². The number of carbonyl (C=O) groups excluding carboxylic acids is 2. The molecule has 1 rings (SSSR count). The Kier molecular flexibility index (Phi) is 16.9. The lowest BCUT2D eigenvalue weighted by Crippen LogP contribution is -2.09. The molecule has 0 amide bonds. The van der Waals surface area contributed by atoms with Crippen molar-refractivity contribution in [3.63, 3.8) is 0 Å². The molecule has 0 aliphatic carbocycles. The minimum Gasteiger partial charge on any atom is -0.496 e. The van der Waals surface area contributed by atoms with Crippen LogP contribution >= 0.6 is 15.9 Å². The maximum Gasteiger partial charge on any atom is 0.306 e. The SMILES string of the molecule is CCCCCCCCCCCCCOC(=O)CCCC(=O)OCc1cc(Br)ccc1OC. The molecule has 6 heteroatoms. The first kappa shape index (κ1) is 28.5. The predicted octanol–water partition coefficient (Wildman–Crippen LogP) is 7.53. The van der Waals surface area contributed by atoms with Crippen LogP contribution in [0, 0.1) is 0 Å². The summed E-state index contributed by atoms with van der Waals surface area (Å²) in [5.74, 6) is 0.107. The van der Waals surface area contributed by atoms with Crippen LogP contribution in [0.3, 0.4) is 0 Å². The molecule has 0 saturated heterocycles. The molecule has 0 saturated carbocycles. The Hall–Kier alpha value is -1.56. The largest absolute Gasteiger partial charge is 0.496 e. The van der Waals surface area contributed by atoms with E-state index in [4.69, 9.17) is 14.2 Å². The van der Waals surface area contributed by atoms with Crippen LogP contribution in [0.1, 0.15) is 102 Å². The van der Waals surface area contributed by atoms with Crippen LogP contribution in [0.25, 0.3) is 0 Å². The van der Waals surface area contributed by atoms with Gasteiger partial charge in [0.2, 0.25) is 0 Å². The lowest BCUT2D eigenvalue weighted by molar-refractivity contribution is -0.146. The van der Waals surface area contributed by atoms with Gasteiger partial charge in [0.1, 0.15) is 12.4 Å². The second-order valence-corrected chi connectivity index (χ2v) is 9.14. The van der Waals surface area contributed by atoms with E-state index in [0.717, 1.165) is 22.9 Å². The molecule has 0 N–H and O–H groups in total. The number of hydrogen-bond acceptors (Lipinski definition) is 5. The van der Waals surface area contributed by atoms with Gasteiger partial charge in [0.05, 0.1) is 13.7 Å². The van der Waals surface area contributed by atoms with Gasteiger partial charge < -0.3 is 14.2 Å². The van der Waals surface area contributed by atoms with Gasteiger partial charge in [-0.25, -0.2) is 0 Å². The monoisotopic (exact) mass is 512 g/mol. The number of carbonyl (C=O) groups is 2. The fourth-order valence-electron chi connectivity index (χ4n) is 3.49. The van der Waals surface area contributed by atoms with E-state index in [9.17, 15) is 9.59 Å². The van der Waals surface area contributed by atoms with E-state index in [-0.39, 0.29) is 31.4 Å². The molecule has 0 atom stereocenters. The van der Waals surface area contributed by atoms with Crippen molar-refractivity contribution in [2.45, 2.75) is 103 Å². The summed E-state index contributed by atoms with van der Waals surface area (Å²) in [6.07, 6.45) is 14.8. The van der Waals surface area contributed by atoms with Crippen LogP contribution in [0.5, 0.6) is 5.75 Å². The topological polar surface area (TPSA) is 61.8 Å². The van der Waals surface area contributed by atoms with E-state index < -0.39 is 0 Å². The van der Waals surface area contributed by atoms with Crippen LogP contribution in [-0.2, 0) is 25.7 Å². The first-order valence-corrected chi connectivity index (χ1v) is 13.0.